The third-order valence-electron chi connectivity index (χ3n) is 4.12. The van der Waals surface area contributed by atoms with Gasteiger partial charge in [0.05, 0.1) is 35.9 Å². The zero-order valence-corrected chi connectivity index (χ0v) is 16.3. The van der Waals surface area contributed by atoms with Crippen LogP contribution >= 0.6 is 23.4 Å². The van der Waals surface area contributed by atoms with Crippen LogP contribution in [0.4, 0.5) is 24.5 Å². The number of carbonyl (C=O) groups excluding carboxylic acids is 1. The van der Waals surface area contributed by atoms with Crippen LogP contribution in [0.3, 0.4) is 0 Å². The molecule has 28 heavy (non-hydrogen) atoms. The van der Waals surface area contributed by atoms with Gasteiger partial charge in [-0.3, -0.25) is 4.79 Å². The quantitative estimate of drug-likeness (QED) is 0.683. The lowest BCUT2D eigenvalue weighted by Crippen LogP contribution is -2.37. The standard InChI is InChI=1S/C19H18ClF3N2O2S/c20-14-2-1-3-15(11-14)28-12-18(26)24-16-10-13(19(21,22)23)4-5-17(16)25-6-8-27-9-7-25/h1-5,10-11H,6-9,12H2,(H,24,26). The number of morpholine rings is 1. The van der Waals surface area contributed by atoms with E-state index in [1.165, 1.54) is 17.8 Å². The van der Waals surface area contributed by atoms with Crippen molar-refractivity contribution in [1.29, 1.82) is 0 Å². The second-order valence-electron chi connectivity index (χ2n) is 6.12. The zero-order valence-electron chi connectivity index (χ0n) is 14.8. The Labute approximate surface area is 170 Å². The Balaban J connectivity index is 1.76. The molecular formula is C19H18ClF3N2O2S. The monoisotopic (exact) mass is 430 g/mol. The van der Waals surface area contributed by atoms with Gasteiger partial charge in [-0.1, -0.05) is 17.7 Å². The molecule has 0 unspecified atom stereocenters. The first-order valence-corrected chi connectivity index (χ1v) is 9.91. The number of carbonyl (C=O) groups is 1. The van der Waals surface area contributed by atoms with Gasteiger partial charge in [0.2, 0.25) is 5.91 Å². The molecule has 3 rings (SSSR count). The molecule has 1 saturated heterocycles. The van der Waals surface area contributed by atoms with Crippen LogP contribution in [0.15, 0.2) is 47.4 Å². The summed E-state index contributed by atoms with van der Waals surface area (Å²) in [5.74, 6) is -0.335. The molecule has 150 valence electrons. The van der Waals surface area contributed by atoms with Crippen LogP contribution in [0.1, 0.15) is 5.56 Å². The molecule has 0 radical (unpaired) electrons. The fourth-order valence-corrected chi connectivity index (χ4v) is 3.79. The van der Waals surface area contributed by atoms with Crippen molar-refractivity contribution in [3.63, 3.8) is 0 Å². The third-order valence-corrected chi connectivity index (χ3v) is 5.34. The summed E-state index contributed by atoms with van der Waals surface area (Å²) in [7, 11) is 0. The van der Waals surface area contributed by atoms with Crippen LogP contribution in [0.25, 0.3) is 0 Å². The van der Waals surface area contributed by atoms with E-state index in [9.17, 15) is 18.0 Å². The summed E-state index contributed by atoms with van der Waals surface area (Å²) in [6.45, 7) is 2.06. The Kier molecular flexibility index (Phi) is 6.74. The number of alkyl halides is 3. The summed E-state index contributed by atoms with van der Waals surface area (Å²) in [6, 6.07) is 10.4. The normalized spacial score (nSPS) is 14.8. The van der Waals surface area contributed by atoms with Gasteiger partial charge in [0.1, 0.15) is 0 Å². The van der Waals surface area contributed by atoms with E-state index in [0.717, 1.165) is 17.0 Å². The molecule has 9 heteroatoms. The van der Waals surface area contributed by atoms with Gasteiger partial charge in [-0.25, -0.2) is 0 Å². The first-order chi connectivity index (χ1) is 13.3. The van der Waals surface area contributed by atoms with Gasteiger partial charge in [0.25, 0.3) is 0 Å². The Bertz CT molecular complexity index is 842. The van der Waals surface area contributed by atoms with E-state index in [4.69, 9.17) is 16.3 Å². The Morgan fingerprint density at radius 3 is 2.61 bits per heavy atom. The summed E-state index contributed by atoms with van der Waals surface area (Å²) >= 11 is 7.18. The van der Waals surface area contributed by atoms with E-state index in [-0.39, 0.29) is 17.3 Å². The predicted octanol–water partition coefficient (Wildman–Crippen LogP) is 4.93. The number of anilines is 2. The number of nitrogens with zero attached hydrogens (tertiary/aromatic N) is 1. The molecule has 0 atom stereocenters. The molecular weight excluding hydrogens is 413 g/mol. The fourth-order valence-electron chi connectivity index (χ4n) is 2.78. The lowest BCUT2D eigenvalue weighted by atomic mass is 10.1. The van der Waals surface area contributed by atoms with E-state index in [2.05, 4.69) is 5.32 Å². The van der Waals surface area contributed by atoms with E-state index in [1.807, 2.05) is 11.0 Å². The number of benzene rings is 2. The molecule has 2 aromatic rings. The molecule has 0 saturated carbocycles. The lowest BCUT2D eigenvalue weighted by Gasteiger charge is -2.31. The van der Waals surface area contributed by atoms with Crippen LogP contribution in [0, 0.1) is 0 Å². The van der Waals surface area contributed by atoms with E-state index in [0.29, 0.717) is 37.0 Å². The molecule has 1 heterocycles. The SMILES string of the molecule is O=C(CSc1cccc(Cl)c1)Nc1cc(C(F)(F)F)ccc1N1CCOCC1. The van der Waals surface area contributed by atoms with Gasteiger partial charge in [0.15, 0.2) is 0 Å². The minimum atomic E-state index is -4.49. The molecule has 1 aliphatic rings. The van der Waals surface area contributed by atoms with Crippen LogP contribution < -0.4 is 10.2 Å². The molecule has 0 aliphatic carbocycles. The number of ether oxygens (including phenoxy) is 1. The summed E-state index contributed by atoms with van der Waals surface area (Å²) < 4.78 is 44.7. The van der Waals surface area contributed by atoms with Crippen molar-refractivity contribution in [2.24, 2.45) is 0 Å². The largest absolute Gasteiger partial charge is 0.416 e. The molecule has 1 amide bonds. The minimum Gasteiger partial charge on any atom is -0.378 e. The van der Waals surface area contributed by atoms with Crippen LogP contribution in [-0.4, -0.2) is 38.0 Å². The van der Waals surface area contributed by atoms with Crippen LogP contribution in [0.2, 0.25) is 5.02 Å². The van der Waals surface area contributed by atoms with Gasteiger partial charge in [-0.2, -0.15) is 13.2 Å². The van der Waals surface area contributed by atoms with E-state index < -0.39 is 11.7 Å². The molecule has 4 nitrogen and oxygen atoms in total. The minimum absolute atomic E-state index is 0.0547. The molecule has 1 N–H and O–H groups in total. The van der Waals surface area contributed by atoms with Gasteiger partial charge >= 0.3 is 6.18 Å². The lowest BCUT2D eigenvalue weighted by molar-refractivity contribution is -0.137. The van der Waals surface area contributed by atoms with Crippen molar-refractivity contribution < 1.29 is 22.7 Å². The van der Waals surface area contributed by atoms with Crippen molar-refractivity contribution in [3.8, 4) is 0 Å². The Morgan fingerprint density at radius 1 is 1.18 bits per heavy atom. The highest BCUT2D eigenvalue weighted by atomic mass is 35.5. The molecule has 0 bridgehead atoms. The van der Waals surface area contributed by atoms with E-state index in [1.54, 1.807) is 18.2 Å². The maximum Gasteiger partial charge on any atom is 0.416 e. The number of halogens is 4. The van der Waals surface area contributed by atoms with Crippen molar-refractivity contribution in [2.45, 2.75) is 11.1 Å². The van der Waals surface area contributed by atoms with Crippen molar-refractivity contribution in [3.05, 3.63) is 53.1 Å². The van der Waals surface area contributed by atoms with Gasteiger partial charge in [-0.05, 0) is 36.4 Å². The first kappa shape index (κ1) is 20.8. The third kappa shape index (κ3) is 5.56. The molecule has 0 aromatic heterocycles. The van der Waals surface area contributed by atoms with Crippen molar-refractivity contribution in [1.82, 2.24) is 0 Å². The molecule has 1 fully saturated rings. The first-order valence-electron chi connectivity index (χ1n) is 8.55. The summed E-state index contributed by atoms with van der Waals surface area (Å²) in [5.41, 5.74) is -0.104. The van der Waals surface area contributed by atoms with Gasteiger partial charge in [0, 0.05) is 23.0 Å². The Morgan fingerprint density at radius 2 is 1.93 bits per heavy atom. The molecule has 1 aliphatic heterocycles. The maximum atomic E-state index is 13.1. The summed E-state index contributed by atoms with van der Waals surface area (Å²) in [5, 5.41) is 3.18. The Hall–Kier alpha value is -1.90. The average molecular weight is 431 g/mol. The number of hydrogen-bond acceptors (Lipinski definition) is 4. The van der Waals surface area contributed by atoms with Gasteiger partial charge < -0.3 is 15.0 Å². The number of amides is 1. The topological polar surface area (TPSA) is 41.6 Å². The maximum absolute atomic E-state index is 13.1. The average Bonchev–Trinajstić information content (AvgIpc) is 2.66. The summed E-state index contributed by atoms with van der Waals surface area (Å²) in [6.07, 6.45) is -4.49. The second-order valence-corrected chi connectivity index (χ2v) is 7.61. The van der Waals surface area contributed by atoms with Crippen molar-refractivity contribution in [2.75, 3.05) is 42.3 Å². The number of rotatable bonds is 5. The highest BCUT2D eigenvalue weighted by Crippen LogP contribution is 2.36. The number of thioether (sulfide) groups is 1. The highest BCUT2D eigenvalue weighted by Gasteiger charge is 2.31. The smallest absolute Gasteiger partial charge is 0.378 e. The van der Waals surface area contributed by atoms with Crippen molar-refractivity contribution >= 4 is 40.6 Å². The van der Waals surface area contributed by atoms with Gasteiger partial charge in [-0.15, -0.1) is 11.8 Å². The number of hydrogen-bond donors (Lipinski definition) is 1. The fraction of sp³-hybridized carbons (Fsp3) is 0.316. The second kappa shape index (κ2) is 9.07. The molecule has 2 aromatic carbocycles. The van der Waals surface area contributed by atoms with Crippen LogP contribution in [0.5, 0.6) is 0 Å². The van der Waals surface area contributed by atoms with Crippen LogP contribution in [-0.2, 0) is 15.7 Å². The highest BCUT2D eigenvalue weighted by molar-refractivity contribution is 8.00. The number of nitrogens with one attached hydrogen (secondary N) is 1. The molecule has 0 spiro atoms. The van der Waals surface area contributed by atoms with E-state index >= 15 is 0 Å². The summed E-state index contributed by atoms with van der Waals surface area (Å²) in [4.78, 5) is 15.1. The zero-order chi connectivity index (χ0) is 20.1. The predicted molar refractivity (Wildman–Crippen MR) is 105 cm³/mol.